The van der Waals surface area contributed by atoms with Gasteiger partial charge in [0.15, 0.2) is 0 Å². The molecule has 1 aromatic heterocycles. The minimum atomic E-state index is -0.0501. The van der Waals surface area contributed by atoms with E-state index in [1.807, 2.05) is 63.2 Å². The third-order valence-electron chi connectivity index (χ3n) is 3.58. The van der Waals surface area contributed by atoms with Crippen molar-refractivity contribution < 1.29 is 9.21 Å². The van der Waals surface area contributed by atoms with E-state index in [1.165, 1.54) is 0 Å². The van der Waals surface area contributed by atoms with Crippen LogP contribution in [0.4, 0.5) is 0 Å². The summed E-state index contributed by atoms with van der Waals surface area (Å²) >= 11 is 0. The number of likely N-dealkylation sites (N-methyl/N-ethyl adjacent to an activating group) is 1. The molecule has 1 unspecified atom stereocenters. The minimum absolute atomic E-state index is 0.0229. The first-order valence-corrected chi connectivity index (χ1v) is 7.04. The molecule has 112 valence electrons. The van der Waals surface area contributed by atoms with Crippen LogP contribution in [0.15, 0.2) is 41.0 Å². The molecule has 1 aromatic carbocycles. The Hall–Kier alpha value is -2.07. The zero-order chi connectivity index (χ0) is 15.4. The molecule has 0 saturated carbocycles. The Labute approximate surface area is 125 Å². The number of carbonyl (C=O) groups excluding carboxylic acids is 1. The van der Waals surface area contributed by atoms with E-state index >= 15 is 0 Å². The molecule has 2 rings (SSSR count). The summed E-state index contributed by atoms with van der Waals surface area (Å²) in [6.45, 7) is 4.48. The first-order valence-electron chi connectivity index (χ1n) is 7.04. The van der Waals surface area contributed by atoms with Crippen LogP contribution >= 0.6 is 0 Å². The summed E-state index contributed by atoms with van der Waals surface area (Å²) in [6.07, 6.45) is 1.65. The predicted octanol–water partition coefficient (Wildman–Crippen LogP) is 2.93. The Morgan fingerprint density at radius 2 is 2.05 bits per heavy atom. The molecule has 0 aliphatic heterocycles. The predicted molar refractivity (Wildman–Crippen MR) is 83.4 cm³/mol. The maximum absolute atomic E-state index is 12.3. The highest BCUT2D eigenvalue weighted by Crippen LogP contribution is 2.18. The number of nitrogens with zero attached hydrogens (tertiary/aromatic N) is 1. The SMILES string of the molecule is Cc1ccc(C(=O)NCC(c2ccco2)N(C)C)c(C)c1. The highest BCUT2D eigenvalue weighted by molar-refractivity contribution is 5.95. The van der Waals surface area contributed by atoms with E-state index in [0.717, 1.165) is 22.5 Å². The summed E-state index contributed by atoms with van der Waals surface area (Å²) in [6, 6.07) is 9.65. The number of benzene rings is 1. The molecule has 4 heteroatoms. The molecule has 1 amide bonds. The van der Waals surface area contributed by atoms with Crippen LogP contribution in [0.1, 0.15) is 33.3 Å². The molecule has 0 saturated heterocycles. The van der Waals surface area contributed by atoms with Gasteiger partial charge in [-0.15, -0.1) is 0 Å². The smallest absolute Gasteiger partial charge is 0.251 e. The lowest BCUT2D eigenvalue weighted by Gasteiger charge is -2.22. The van der Waals surface area contributed by atoms with Crippen LogP contribution in [0.2, 0.25) is 0 Å². The second kappa shape index (κ2) is 6.59. The maximum Gasteiger partial charge on any atom is 0.251 e. The summed E-state index contributed by atoms with van der Waals surface area (Å²) in [7, 11) is 3.94. The number of amides is 1. The van der Waals surface area contributed by atoms with Gasteiger partial charge in [-0.05, 0) is 51.7 Å². The quantitative estimate of drug-likeness (QED) is 0.919. The largest absolute Gasteiger partial charge is 0.468 e. The normalized spacial score (nSPS) is 12.4. The topological polar surface area (TPSA) is 45.5 Å². The Morgan fingerprint density at radius 1 is 1.29 bits per heavy atom. The van der Waals surface area contributed by atoms with Gasteiger partial charge >= 0.3 is 0 Å². The molecule has 0 fully saturated rings. The molecule has 0 bridgehead atoms. The lowest BCUT2D eigenvalue weighted by Crippen LogP contribution is -2.34. The van der Waals surface area contributed by atoms with E-state index in [9.17, 15) is 4.79 Å². The molecule has 1 N–H and O–H groups in total. The van der Waals surface area contributed by atoms with Crippen LogP contribution in [0.3, 0.4) is 0 Å². The van der Waals surface area contributed by atoms with E-state index in [0.29, 0.717) is 6.54 Å². The maximum atomic E-state index is 12.3. The monoisotopic (exact) mass is 286 g/mol. The number of furan rings is 1. The standard InChI is InChI=1S/C17H22N2O2/c1-12-7-8-14(13(2)10-12)17(20)18-11-15(19(3)4)16-6-5-9-21-16/h5-10,15H,11H2,1-4H3,(H,18,20). The van der Waals surface area contributed by atoms with Crippen LogP contribution in [0, 0.1) is 13.8 Å². The van der Waals surface area contributed by atoms with Crippen molar-refractivity contribution in [3.8, 4) is 0 Å². The number of aryl methyl sites for hydroxylation is 2. The summed E-state index contributed by atoms with van der Waals surface area (Å²) in [5.41, 5.74) is 2.87. The lowest BCUT2D eigenvalue weighted by molar-refractivity contribution is 0.0938. The number of carbonyl (C=O) groups is 1. The van der Waals surface area contributed by atoms with E-state index in [1.54, 1.807) is 6.26 Å². The number of rotatable bonds is 5. The third-order valence-corrected chi connectivity index (χ3v) is 3.58. The molecule has 0 aliphatic rings. The first-order chi connectivity index (χ1) is 9.99. The lowest BCUT2D eigenvalue weighted by atomic mass is 10.1. The van der Waals surface area contributed by atoms with Crippen LogP contribution in [0.5, 0.6) is 0 Å². The highest BCUT2D eigenvalue weighted by Gasteiger charge is 2.18. The Bertz CT molecular complexity index is 603. The van der Waals surface area contributed by atoms with Gasteiger partial charge in [-0.25, -0.2) is 0 Å². The molecule has 21 heavy (non-hydrogen) atoms. The fourth-order valence-corrected chi connectivity index (χ4v) is 2.37. The average molecular weight is 286 g/mol. The summed E-state index contributed by atoms with van der Waals surface area (Å²) in [4.78, 5) is 14.3. The summed E-state index contributed by atoms with van der Waals surface area (Å²) in [5, 5.41) is 2.99. The van der Waals surface area contributed by atoms with Crippen molar-refractivity contribution in [2.24, 2.45) is 0 Å². The third kappa shape index (κ3) is 3.73. The molecule has 0 radical (unpaired) electrons. The molecule has 2 aromatic rings. The van der Waals surface area contributed by atoms with Crippen LogP contribution in [-0.4, -0.2) is 31.4 Å². The van der Waals surface area contributed by atoms with Gasteiger partial charge in [0.2, 0.25) is 0 Å². The van der Waals surface area contributed by atoms with Crippen molar-refractivity contribution in [1.29, 1.82) is 0 Å². The van der Waals surface area contributed by atoms with Crippen molar-refractivity contribution in [2.75, 3.05) is 20.6 Å². The van der Waals surface area contributed by atoms with Gasteiger partial charge in [0.25, 0.3) is 5.91 Å². The van der Waals surface area contributed by atoms with Crippen molar-refractivity contribution >= 4 is 5.91 Å². The minimum Gasteiger partial charge on any atom is -0.468 e. The average Bonchev–Trinajstić information content (AvgIpc) is 2.92. The van der Waals surface area contributed by atoms with Gasteiger partial charge in [0.05, 0.1) is 12.3 Å². The van der Waals surface area contributed by atoms with Gasteiger partial charge in [-0.3, -0.25) is 9.69 Å². The van der Waals surface area contributed by atoms with E-state index < -0.39 is 0 Å². The zero-order valence-electron chi connectivity index (χ0n) is 13.0. The van der Waals surface area contributed by atoms with Gasteiger partial charge in [0, 0.05) is 12.1 Å². The van der Waals surface area contributed by atoms with Crippen molar-refractivity contribution in [3.05, 3.63) is 59.0 Å². The molecular formula is C17H22N2O2. The molecule has 0 aliphatic carbocycles. The van der Waals surface area contributed by atoms with Crippen LogP contribution in [0.25, 0.3) is 0 Å². The van der Waals surface area contributed by atoms with E-state index in [4.69, 9.17) is 4.42 Å². The summed E-state index contributed by atoms with van der Waals surface area (Å²) < 4.78 is 5.44. The second-order valence-electron chi connectivity index (χ2n) is 5.52. The summed E-state index contributed by atoms with van der Waals surface area (Å²) in [5.74, 6) is 0.798. The second-order valence-corrected chi connectivity index (χ2v) is 5.52. The van der Waals surface area contributed by atoms with Crippen molar-refractivity contribution in [2.45, 2.75) is 19.9 Å². The van der Waals surface area contributed by atoms with Gasteiger partial charge in [-0.2, -0.15) is 0 Å². The van der Waals surface area contributed by atoms with Crippen LogP contribution in [-0.2, 0) is 0 Å². The fraction of sp³-hybridized carbons (Fsp3) is 0.353. The van der Waals surface area contributed by atoms with Gasteiger partial charge in [-0.1, -0.05) is 17.7 Å². The Morgan fingerprint density at radius 3 is 2.62 bits per heavy atom. The Balaban J connectivity index is 2.05. The van der Waals surface area contributed by atoms with Gasteiger partial charge < -0.3 is 9.73 Å². The van der Waals surface area contributed by atoms with E-state index in [-0.39, 0.29) is 11.9 Å². The molecule has 4 nitrogen and oxygen atoms in total. The number of nitrogens with one attached hydrogen (secondary N) is 1. The van der Waals surface area contributed by atoms with Crippen molar-refractivity contribution in [3.63, 3.8) is 0 Å². The van der Waals surface area contributed by atoms with Crippen molar-refractivity contribution in [1.82, 2.24) is 10.2 Å². The first kappa shape index (κ1) is 15.3. The molecule has 1 atom stereocenters. The number of hydrogen-bond donors (Lipinski definition) is 1. The van der Waals surface area contributed by atoms with Crippen LogP contribution < -0.4 is 5.32 Å². The van der Waals surface area contributed by atoms with E-state index in [2.05, 4.69) is 5.32 Å². The highest BCUT2D eigenvalue weighted by atomic mass is 16.3. The molecule has 1 heterocycles. The van der Waals surface area contributed by atoms with Gasteiger partial charge in [0.1, 0.15) is 5.76 Å². The molecular weight excluding hydrogens is 264 g/mol. The Kier molecular flexibility index (Phi) is 4.81. The fourth-order valence-electron chi connectivity index (χ4n) is 2.37. The zero-order valence-corrected chi connectivity index (χ0v) is 13.0. The number of hydrogen-bond acceptors (Lipinski definition) is 3. The molecule has 0 spiro atoms.